The van der Waals surface area contributed by atoms with Crippen molar-refractivity contribution < 1.29 is 13.2 Å². The normalized spacial score (nSPS) is 18.0. The van der Waals surface area contributed by atoms with E-state index in [4.69, 9.17) is 9.97 Å². The Morgan fingerprint density at radius 3 is 2.71 bits per heavy atom. The van der Waals surface area contributed by atoms with Crippen molar-refractivity contribution in [2.75, 3.05) is 36.1 Å². The molecule has 0 saturated heterocycles. The van der Waals surface area contributed by atoms with Crippen LogP contribution in [0, 0.1) is 6.92 Å². The Kier molecular flexibility index (Phi) is 5.55. The molecule has 0 radical (unpaired) electrons. The van der Waals surface area contributed by atoms with E-state index in [0.29, 0.717) is 36.3 Å². The highest BCUT2D eigenvalue weighted by Gasteiger charge is 2.44. The van der Waals surface area contributed by atoms with Crippen LogP contribution in [-0.2, 0) is 16.4 Å². The summed E-state index contributed by atoms with van der Waals surface area (Å²) in [5, 5.41) is 9.96. The van der Waals surface area contributed by atoms with Crippen LogP contribution in [0.3, 0.4) is 0 Å². The van der Waals surface area contributed by atoms with E-state index >= 15 is 0 Å². The maximum absolute atomic E-state index is 12.8. The first-order valence-corrected chi connectivity index (χ1v) is 13.0. The number of carbonyl (C=O) groups is 1. The van der Waals surface area contributed by atoms with Crippen molar-refractivity contribution >= 4 is 38.5 Å². The van der Waals surface area contributed by atoms with Gasteiger partial charge in [0.05, 0.1) is 21.7 Å². The first-order valence-electron chi connectivity index (χ1n) is 11.4. The third-order valence-electron chi connectivity index (χ3n) is 6.47. The number of fused-ring (bicyclic) bond motifs is 2. The molecule has 1 aliphatic heterocycles. The van der Waals surface area contributed by atoms with Gasteiger partial charge < -0.3 is 20.9 Å². The predicted molar refractivity (Wildman–Crippen MR) is 132 cm³/mol. The molecule has 9 nitrogen and oxygen atoms in total. The van der Waals surface area contributed by atoms with E-state index < -0.39 is 9.84 Å². The van der Waals surface area contributed by atoms with E-state index in [-0.39, 0.29) is 17.3 Å². The first-order chi connectivity index (χ1) is 16.3. The smallest absolute Gasteiger partial charge is 0.315 e. The van der Waals surface area contributed by atoms with Crippen LogP contribution in [0.25, 0.3) is 10.9 Å². The third-order valence-corrected chi connectivity index (χ3v) is 8.26. The Labute approximate surface area is 198 Å². The van der Waals surface area contributed by atoms with Crippen LogP contribution < -0.4 is 20.9 Å². The minimum atomic E-state index is -3.37. The molecule has 178 valence electrons. The molecule has 3 N–H and O–H groups in total. The topological polar surface area (TPSA) is 116 Å². The zero-order chi connectivity index (χ0) is 23.9. The summed E-state index contributed by atoms with van der Waals surface area (Å²) in [5.74, 6) is 1.16. The molecule has 2 amide bonds. The fourth-order valence-electron chi connectivity index (χ4n) is 4.29. The fourth-order valence-corrected chi connectivity index (χ4v) is 5.79. The van der Waals surface area contributed by atoms with Gasteiger partial charge in [0.1, 0.15) is 5.82 Å². The highest BCUT2D eigenvalue weighted by Crippen LogP contribution is 2.36. The van der Waals surface area contributed by atoms with E-state index in [9.17, 15) is 13.2 Å². The summed E-state index contributed by atoms with van der Waals surface area (Å²) in [6, 6.07) is 12.9. The summed E-state index contributed by atoms with van der Waals surface area (Å²) < 4.78 is 25.6. The molecular formula is C24H28N6O3S. The van der Waals surface area contributed by atoms with Crippen LogP contribution in [0.2, 0.25) is 0 Å². The quantitative estimate of drug-likeness (QED) is 0.514. The minimum Gasteiger partial charge on any atom is -0.367 e. The number of carbonyl (C=O) groups excluding carboxylic acids is 1. The molecule has 10 heteroatoms. The van der Waals surface area contributed by atoms with Crippen LogP contribution in [0.4, 0.5) is 16.6 Å². The van der Waals surface area contributed by atoms with E-state index in [1.807, 2.05) is 42.2 Å². The molecule has 1 fully saturated rings. The van der Waals surface area contributed by atoms with Crippen molar-refractivity contribution in [1.29, 1.82) is 0 Å². The fraction of sp³-hybridized carbons (Fsp3) is 0.375. The van der Waals surface area contributed by atoms with Crippen LogP contribution in [0.5, 0.6) is 0 Å². The number of benzene rings is 2. The maximum atomic E-state index is 12.8. The summed E-state index contributed by atoms with van der Waals surface area (Å²) in [7, 11) is -1.77. The van der Waals surface area contributed by atoms with Crippen molar-refractivity contribution in [2.24, 2.45) is 0 Å². The summed E-state index contributed by atoms with van der Waals surface area (Å²) in [6.45, 7) is 3.27. The molecule has 0 atom stereocenters. The van der Waals surface area contributed by atoms with Gasteiger partial charge in [-0.3, -0.25) is 0 Å². The number of sulfone groups is 1. The predicted octanol–water partition coefficient (Wildman–Crippen LogP) is 2.61. The van der Waals surface area contributed by atoms with E-state index in [0.717, 1.165) is 34.9 Å². The first kappa shape index (κ1) is 22.4. The molecular weight excluding hydrogens is 452 g/mol. The van der Waals surface area contributed by atoms with E-state index in [2.05, 4.69) is 16.0 Å². The molecule has 34 heavy (non-hydrogen) atoms. The number of aromatic nitrogens is 2. The SMILES string of the molecule is CNC(=O)NC1(CNc2nc(N3CCS(=O)(=O)c4ccccc4C3)nc3ccc(C)cc23)CC1. The lowest BCUT2D eigenvalue weighted by Crippen LogP contribution is -2.46. The van der Waals surface area contributed by atoms with Gasteiger partial charge in [0.2, 0.25) is 5.95 Å². The molecule has 2 aromatic carbocycles. The zero-order valence-corrected chi connectivity index (χ0v) is 20.1. The van der Waals surface area contributed by atoms with Crippen LogP contribution in [-0.4, -0.2) is 55.8 Å². The second-order valence-electron chi connectivity index (χ2n) is 9.08. The van der Waals surface area contributed by atoms with Gasteiger partial charge in [-0.25, -0.2) is 18.2 Å². The van der Waals surface area contributed by atoms with Crippen molar-refractivity contribution in [3.8, 4) is 0 Å². The highest BCUT2D eigenvalue weighted by molar-refractivity contribution is 7.91. The molecule has 0 bridgehead atoms. The van der Waals surface area contributed by atoms with Gasteiger partial charge >= 0.3 is 6.03 Å². The summed E-state index contributed by atoms with van der Waals surface area (Å²) >= 11 is 0. The summed E-state index contributed by atoms with van der Waals surface area (Å²) in [6.07, 6.45) is 1.78. The summed E-state index contributed by atoms with van der Waals surface area (Å²) in [5.41, 5.74) is 2.32. The number of rotatable bonds is 5. The second-order valence-corrected chi connectivity index (χ2v) is 11.2. The summed E-state index contributed by atoms with van der Waals surface area (Å²) in [4.78, 5) is 23.8. The second kappa shape index (κ2) is 8.43. The third kappa shape index (κ3) is 4.37. The number of hydrogen-bond acceptors (Lipinski definition) is 7. The average Bonchev–Trinajstić information content (AvgIpc) is 3.61. The van der Waals surface area contributed by atoms with E-state index in [1.165, 1.54) is 0 Å². The van der Waals surface area contributed by atoms with Crippen LogP contribution in [0.1, 0.15) is 24.0 Å². The highest BCUT2D eigenvalue weighted by atomic mass is 32.2. The number of amides is 2. The standard InChI is InChI=1S/C24H28N6O3S/c1-16-7-8-19-18(13-16)21(26-15-24(9-10-24)29-23(31)25-2)28-22(27-19)30-11-12-34(32,33)20-6-4-3-5-17(20)14-30/h3-8,13H,9-12,14-15H2,1-2H3,(H2,25,29,31)(H,26,27,28). The zero-order valence-electron chi connectivity index (χ0n) is 19.3. The number of aryl methyl sites for hydroxylation is 1. The Morgan fingerprint density at radius 1 is 1.15 bits per heavy atom. The van der Waals surface area contributed by atoms with Gasteiger partial charge in [-0.2, -0.15) is 4.98 Å². The molecule has 3 aromatic rings. The largest absolute Gasteiger partial charge is 0.367 e. The molecule has 1 aromatic heterocycles. The molecule has 0 unspecified atom stereocenters. The van der Waals surface area contributed by atoms with Gasteiger partial charge in [0.15, 0.2) is 9.84 Å². The Hall–Kier alpha value is -3.40. The number of nitrogens with zero attached hydrogens (tertiary/aromatic N) is 3. The number of urea groups is 1. The number of hydrogen-bond donors (Lipinski definition) is 3. The maximum Gasteiger partial charge on any atom is 0.315 e. The average molecular weight is 481 g/mol. The molecule has 1 aliphatic carbocycles. The minimum absolute atomic E-state index is 0.00122. The lowest BCUT2D eigenvalue weighted by Gasteiger charge is -2.23. The van der Waals surface area contributed by atoms with Gasteiger partial charge in [-0.05, 0) is 43.5 Å². The molecule has 2 aliphatic rings. The molecule has 2 heterocycles. The van der Waals surface area contributed by atoms with Crippen LogP contribution in [0.15, 0.2) is 47.4 Å². The monoisotopic (exact) mass is 480 g/mol. The lowest BCUT2D eigenvalue weighted by atomic mass is 10.1. The van der Waals surface area contributed by atoms with E-state index in [1.54, 1.807) is 19.2 Å². The van der Waals surface area contributed by atoms with Crippen molar-refractivity contribution in [3.63, 3.8) is 0 Å². The molecule has 1 saturated carbocycles. The molecule has 5 rings (SSSR count). The van der Waals surface area contributed by atoms with Crippen LogP contribution >= 0.6 is 0 Å². The van der Waals surface area contributed by atoms with Gasteiger partial charge in [-0.15, -0.1) is 0 Å². The molecule has 0 spiro atoms. The lowest BCUT2D eigenvalue weighted by molar-refractivity contribution is 0.238. The van der Waals surface area contributed by atoms with Crippen molar-refractivity contribution in [3.05, 3.63) is 53.6 Å². The number of anilines is 2. The van der Waals surface area contributed by atoms with Crippen molar-refractivity contribution in [2.45, 2.75) is 36.7 Å². The van der Waals surface area contributed by atoms with Gasteiger partial charge in [-0.1, -0.05) is 29.8 Å². The van der Waals surface area contributed by atoms with Gasteiger partial charge in [0, 0.05) is 32.1 Å². The Bertz CT molecular complexity index is 1370. The Morgan fingerprint density at radius 2 is 1.94 bits per heavy atom. The van der Waals surface area contributed by atoms with Gasteiger partial charge in [0.25, 0.3) is 0 Å². The number of nitrogens with one attached hydrogen (secondary N) is 3. The van der Waals surface area contributed by atoms with Crippen molar-refractivity contribution in [1.82, 2.24) is 20.6 Å². The Balaban J connectivity index is 1.49.